The summed E-state index contributed by atoms with van der Waals surface area (Å²) < 4.78 is 0. The Bertz CT molecular complexity index is 543. The lowest BCUT2D eigenvalue weighted by Gasteiger charge is -2.35. The molecule has 0 spiro atoms. The highest BCUT2D eigenvalue weighted by atomic mass is 16.2. The highest BCUT2D eigenvalue weighted by molar-refractivity contribution is 5.78. The summed E-state index contributed by atoms with van der Waals surface area (Å²) in [5, 5.41) is 2.95. The van der Waals surface area contributed by atoms with Gasteiger partial charge in [0.25, 0.3) is 0 Å². The number of nitrogens with zero attached hydrogens (tertiary/aromatic N) is 2. The zero-order chi connectivity index (χ0) is 17.6. The maximum atomic E-state index is 12.2. The van der Waals surface area contributed by atoms with Crippen molar-refractivity contribution in [3.8, 4) is 0 Å². The van der Waals surface area contributed by atoms with Gasteiger partial charge in [-0.2, -0.15) is 0 Å². The molecule has 2 rings (SSSR count). The molecule has 1 aliphatic heterocycles. The third-order valence-corrected chi connectivity index (χ3v) is 4.11. The second-order valence-corrected chi connectivity index (χ2v) is 7.66. The van der Waals surface area contributed by atoms with Crippen molar-refractivity contribution in [2.24, 2.45) is 5.41 Å². The van der Waals surface area contributed by atoms with Crippen molar-refractivity contribution < 1.29 is 9.59 Å². The van der Waals surface area contributed by atoms with Crippen LogP contribution in [0.4, 0.5) is 0 Å². The number of amides is 2. The summed E-state index contributed by atoms with van der Waals surface area (Å²) in [6.45, 7) is 10.1. The highest BCUT2D eigenvalue weighted by Crippen LogP contribution is 2.20. The van der Waals surface area contributed by atoms with Crippen LogP contribution in [0.5, 0.6) is 0 Å². The first kappa shape index (κ1) is 18.5. The molecule has 1 heterocycles. The van der Waals surface area contributed by atoms with Gasteiger partial charge in [0.1, 0.15) is 0 Å². The van der Waals surface area contributed by atoms with Gasteiger partial charge >= 0.3 is 0 Å². The summed E-state index contributed by atoms with van der Waals surface area (Å²) in [4.78, 5) is 28.3. The smallest absolute Gasteiger partial charge is 0.234 e. The van der Waals surface area contributed by atoms with Crippen molar-refractivity contribution >= 4 is 11.8 Å². The van der Waals surface area contributed by atoms with Crippen LogP contribution in [0.3, 0.4) is 0 Å². The average molecular weight is 331 g/mol. The molecule has 2 amide bonds. The fourth-order valence-corrected chi connectivity index (χ4v) is 2.78. The topological polar surface area (TPSA) is 52.7 Å². The van der Waals surface area contributed by atoms with Crippen LogP contribution >= 0.6 is 0 Å². The third-order valence-electron chi connectivity index (χ3n) is 4.11. The number of hydrogen-bond donors (Lipinski definition) is 1. The number of carbonyl (C=O) groups is 2. The third kappa shape index (κ3) is 6.32. The lowest BCUT2D eigenvalue weighted by Crippen LogP contribution is -2.51. The number of hydrogen-bond acceptors (Lipinski definition) is 3. The maximum absolute atomic E-state index is 12.2. The summed E-state index contributed by atoms with van der Waals surface area (Å²) in [6, 6.07) is 9.90. The monoisotopic (exact) mass is 331 g/mol. The minimum atomic E-state index is 0.0194. The molecule has 24 heavy (non-hydrogen) atoms. The Morgan fingerprint density at radius 2 is 1.67 bits per heavy atom. The second-order valence-electron chi connectivity index (χ2n) is 7.66. The van der Waals surface area contributed by atoms with E-state index in [-0.39, 0.29) is 17.2 Å². The van der Waals surface area contributed by atoms with E-state index in [0.29, 0.717) is 32.6 Å². The molecule has 0 unspecified atom stereocenters. The van der Waals surface area contributed by atoms with E-state index in [1.165, 1.54) is 0 Å². The zero-order valence-corrected chi connectivity index (χ0v) is 15.0. The number of carbonyl (C=O) groups excluding carboxylic acids is 2. The molecule has 0 atom stereocenters. The lowest BCUT2D eigenvalue weighted by molar-refractivity contribution is -0.135. The highest BCUT2D eigenvalue weighted by Gasteiger charge is 2.25. The summed E-state index contributed by atoms with van der Waals surface area (Å²) in [6.07, 6.45) is 0.574. The van der Waals surface area contributed by atoms with Crippen LogP contribution in [-0.4, -0.2) is 54.3 Å². The Kier molecular flexibility index (Phi) is 6.37. The lowest BCUT2D eigenvalue weighted by atomic mass is 9.91. The second kappa shape index (κ2) is 8.29. The Morgan fingerprint density at radius 1 is 1.04 bits per heavy atom. The van der Waals surface area contributed by atoms with Crippen LogP contribution in [0.25, 0.3) is 0 Å². The van der Waals surface area contributed by atoms with Crippen LogP contribution in [0.15, 0.2) is 30.3 Å². The largest absolute Gasteiger partial charge is 0.351 e. The fourth-order valence-electron chi connectivity index (χ4n) is 2.78. The van der Waals surface area contributed by atoms with Crippen LogP contribution in [-0.2, 0) is 16.1 Å². The van der Waals surface area contributed by atoms with E-state index in [1.807, 2.05) is 35.2 Å². The Labute approximate surface area is 145 Å². The van der Waals surface area contributed by atoms with Crippen molar-refractivity contribution in [1.29, 1.82) is 0 Å². The molecule has 5 nitrogen and oxygen atoms in total. The Morgan fingerprint density at radius 3 is 2.25 bits per heavy atom. The molecule has 0 bridgehead atoms. The normalized spacial score (nSPS) is 16.0. The first-order chi connectivity index (χ1) is 11.3. The van der Waals surface area contributed by atoms with Crippen molar-refractivity contribution in [1.82, 2.24) is 15.1 Å². The van der Waals surface area contributed by atoms with Crippen LogP contribution in [0.2, 0.25) is 0 Å². The van der Waals surface area contributed by atoms with Gasteiger partial charge in [0.2, 0.25) is 11.8 Å². The van der Waals surface area contributed by atoms with Crippen molar-refractivity contribution in [2.75, 3.05) is 32.7 Å². The molecule has 132 valence electrons. The van der Waals surface area contributed by atoms with Crippen LogP contribution in [0, 0.1) is 5.41 Å². The van der Waals surface area contributed by atoms with Gasteiger partial charge in [-0.3, -0.25) is 14.5 Å². The van der Waals surface area contributed by atoms with Gasteiger partial charge < -0.3 is 10.2 Å². The molecule has 1 fully saturated rings. The van der Waals surface area contributed by atoms with E-state index in [1.54, 1.807) is 0 Å². The van der Waals surface area contributed by atoms with E-state index >= 15 is 0 Å². The quantitative estimate of drug-likeness (QED) is 0.896. The minimum Gasteiger partial charge on any atom is -0.351 e. The number of piperazine rings is 1. The van der Waals surface area contributed by atoms with E-state index < -0.39 is 0 Å². The molecule has 1 aliphatic rings. The molecule has 1 aromatic carbocycles. The summed E-state index contributed by atoms with van der Waals surface area (Å²) in [7, 11) is 0. The minimum absolute atomic E-state index is 0.0194. The zero-order valence-electron chi connectivity index (χ0n) is 15.0. The number of rotatable bonds is 5. The summed E-state index contributed by atoms with van der Waals surface area (Å²) in [5.74, 6) is 0.254. The van der Waals surface area contributed by atoms with Gasteiger partial charge in [-0.1, -0.05) is 51.1 Å². The fraction of sp³-hybridized carbons (Fsp3) is 0.579. The molecule has 0 radical (unpaired) electrons. The van der Waals surface area contributed by atoms with E-state index in [4.69, 9.17) is 0 Å². The van der Waals surface area contributed by atoms with Gasteiger partial charge in [-0.25, -0.2) is 0 Å². The standard InChI is InChI=1S/C19H29N3O2/c1-19(2,3)13-18(24)22-11-9-21(10-12-22)15-17(23)20-14-16-7-5-4-6-8-16/h4-8H,9-15H2,1-3H3,(H,20,23). The van der Waals surface area contributed by atoms with E-state index in [2.05, 4.69) is 31.0 Å². The molecule has 1 N–H and O–H groups in total. The molecule has 5 heteroatoms. The number of nitrogens with one attached hydrogen (secondary N) is 1. The Hall–Kier alpha value is -1.88. The molecule has 0 aliphatic carbocycles. The van der Waals surface area contributed by atoms with Crippen LogP contribution < -0.4 is 5.32 Å². The van der Waals surface area contributed by atoms with Crippen molar-refractivity contribution in [3.05, 3.63) is 35.9 Å². The summed E-state index contributed by atoms with van der Waals surface area (Å²) >= 11 is 0. The van der Waals surface area contributed by atoms with Crippen LogP contribution in [0.1, 0.15) is 32.8 Å². The van der Waals surface area contributed by atoms with Gasteiger partial charge in [0, 0.05) is 39.1 Å². The van der Waals surface area contributed by atoms with Gasteiger partial charge in [-0.05, 0) is 11.0 Å². The molecule has 0 saturated carbocycles. The first-order valence-electron chi connectivity index (χ1n) is 8.64. The average Bonchev–Trinajstić information content (AvgIpc) is 2.53. The molecule has 1 saturated heterocycles. The summed E-state index contributed by atoms with van der Waals surface area (Å²) in [5.41, 5.74) is 1.12. The van der Waals surface area contributed by atoms with Gasteiger partial charge in [-0.15, -0.1) is 0 Å². The van der Waals surface area contributed by atoms with E-state index in [0.717, 1.165) is 18.7 Å². The van der Waals surface area contributed by atoms with Crippen molar-refractivity contribution in [3.63, 3.8) is 0 Å². The maximum Gasteiger partial charge on any atom is 0.234 e. The number of benzene rings is 1. The van der Waals surface area contributed by atoms with Crippen molar-refractivity contribution in [2.45, 2.75) is 33.7 Å². The Balaban J connectivity index is 1.69. The molecule has 0 aromatic heterocycles. The molecular formula is C19H29N3O2. The predicted molar refractivity (Wildman–Crippen MR) is 95.4 cm³/mol. The predicted octanol–water partition coefficient (Wildman–Crippen LogP) is 1.88. The molecular weight excluding hydrogens is 302 g/mol. The van der Waals surface area contributed by atoms with Gasteiger partial charge in [0.15, 0.2) is 0 Å². The first-order valence-corrected chi connectivity index (χ1v) is 8.64. The molecule has 1 aromatic rings. The van der Waals surface area contributed by atoms with E-state index in [9.17, 15) is 9.59 Å². The van der Waals surface area contributed by atoms with Gasteiger partial charge in [0.05, 0.1) is 6.54 Å². The SMILES string of the molecule is CC(C)(C)CC(=O)N1CCN(CC(=O)NCc2ccccc2)CC1.